The van der Waals surface area contributed by atoms with Crippen molar-refractivity contribution < 1.29 is 17.9 Å². The van der Waals surface area contributed by atoms with E-state index in [0.29, 0.717) is 12.3 Å². The summed E-state index contributed by atoms with van der Waals surface area (Å²) in [5.74, 6) is 1.49. The topological polar surface area (TPSA) is 67.9 Å². The van der Waals surface area contributed by atoms with E-state index in [9.17, 15) is 8.42 Å². The molecule has 1 aliphatic heterocycles. The van der Waals surface area contributed by atoms with Crippen LogP contribution < -0.4 is 19.1 Å². The van der Waals surface area contributed by atoms with Crippen molar-refractivity contribution in [3.63, 3.8) is 0 Å². The molecule has 1 heterocycles. The second kappa shape index (κ2) is 8.37. The molecule has 0 saturated carbocycles. The van der Waals surface area contributed by atoms with Crippen molar-refractivity contribution in [2.24, 2.45) is 5.92 Å². The van der Waals surface area contributed by atoms with Crippen molar-refractivity contribution in [3.05, 3.63) is 47.5 Å². The first-order chi connectivity index (χ1) is 12.9. The maximum atomic E-state index is 12.5. The summed E-state index contributed by atoms with van der Waals surface area (Å²) in [7, 11) is -0.483. The Morgan fingerprint density at radius 1 is 1.15 bits per heavy atom. The maximum Gasteiger partial charge on any atom is 0.240 e. The van der Waals surface area contributed by atoms with Gasteiger partial charge in [-0.1, -0.05) is 23.7 Å². The Morgan fingerprint density at radius 2 is 1.89 bits per heavy atom. The predicted octanol–water partition coefficient (Wildman–Crippen LogP) is 3.16. The second-order valence-electron chi connectivity index (χ2n) is 6.42. The van der Waals surface area contributed by atoms with Crippen LogP contribution in [0.5, 0.6) is 11.5 Å². The van der Waals surface area contributed by atoms with Crippen LogP contribution in [0.25, 0.3) is 0 Å². The van der Waals surface area contributed by atoms with Crippen molar-refractivity contribution in [1.29, 1.82) is 0 Å². The van der Waals surface area contributed by atoms with E-state index in [0.717, 1.165) is 30.9 Å². The van der Waals surface area contributed by atoms with Gasteiger partial charge in [0.2, 0.25) is 10.0 Å². The molecule has 2 aromatic rings. The van der Waals surface area contributed by atoms with Crippen LogP contribution in [0.1, 0.15) is 6.42 Å². The fourth-order valence-corrected chi connectivity index (χ4v) is 4.70. The average molecular weight is 411 g/mol. The van der Waals surface area contributed by atoms with E-state index in [-0.39, 0.29) is 15.8 Å². The molecule has 1 aliphatic rings. The molecule has 0 bridgehead atoms. The zero-order valence-electron chi connectivity index (χ0n) is 15.3. The van der Waals surface area contributed by atoms with Crippen molar-refractivity contribution in [3.8, 4) is 11.5 Å². The lowest BCUT2D eigenvalue weighted by Gasteiger charge is -2.21. The van der Waals surface area contributed by atoms with Crippen LogP contribution in [0.4, 0.5) is 5.69 Å². The Hall–Kier alpha value is -1.96. The Bertz CT molecular complexity index is 904. The molecular weight excluding hydrogens is 388 g/mol. The first-order valence-corrected chi connectivity index (χ1v) is 10.5. The molecule has 1 saturated heterocycles. The molecule has 3 rings (SSSR count). The maximum absolute atomic E-state index is 12.5. The Labute approximate surface area is 165 Å². The molecule has 1 atom stereocenters. The molecule has 1 N–H and O–H groups in total. The van der Waals surface area contributed by atoms with Gasteiger partial charge in [-0.15, -0.1) is 0 Å². The third-order valence-electron chi connectivity index (χ3n) is 4.71. The van der Waals surface area contributed by atoms with Crippen LogP contribution in [0.2, 0.25) is 5.02 Å². The molecule has 6 nitrogen and oxygen atoms in total. The van der Waals surface area contributed by atoms with E-state index in [2.05, 4.69) is 9.62 Å². The number of sulfonamides is 1. The molecule has 0 spiro atoms. The highest BCUT2D eigenvalue weighted by Crippen LogP contribution is 2.32. The van der Waals surface area contributed by atoms with Gasteiger partial charge < -0.3 is 14.4 Å². The van der Waals surface area contributed by atoms with Gasteiger partial charge >= 0.3 is 0 Å². The molecule has 27 heavy (non-hydrogen) atoms. The minimum absolute atomic E-state index is 0.132. The fraction of sp³-hybridized carbons (Fsp3) is 0.368. The van der Waals surface area contributed by atoms with Crippen molar-refractivity contribution >= 4 is 27.3 Å². The number of halogens is 1. The zero-order valence-corrected chi connectivity index (χ0v) is 16.9. The summed E-state index contributed by atoms with van der Waals surface area (Å²) >= 11 is 6.04. The van der Waals surface area contributed by atoms with Crippen LogP contribution in [0.15, 0.2) is 47.4 Å². The number of methoxy groups -OCH3 is 2. The van der Waals surface area contributed by atoms with Gasteiger partial charge in [-0.25, -0.2) is 13.1 Å². The van der Waals surface area contributed by atoms with Crippen LogP contribution >= 0.6 is 11.6 Å². The Kier molecular flexibility index (Phi) is 6.14. The third kappa shape index (κ3) is 4.48. The lowest BCUT2D eigenvalue weighted by molar-refractivity contribution is 0.414. The van der Waals surface area contributed by atoms with Crippen molar-refractivity contribution in [2.75, 3.05) is 38.8 Å². The minimum atomic E-state index is -3.62. The standard InChI is InChI=1S/C19H23ClN2O4S/c1-25-18-8-7-15(11-16(18)20)27(23,24)21-12-14-9-10-22(13-14)17-5-3-4-6-19(17)26-2/h3-8,11,14,21H,9-10,12-13H2,1-2H3. The number of hydrogen-bond donors (Lipinski definition) is 1. The summed E-state index contributed by atoms with van der Waals surface area (Å²) in [6.45, 7) is 2.00. The number of anilines is 1. The molecule has 1 unspecified atom stereocenters. The average Bonchev–Trinajstić information content (AvgIpc) is 3.15. The van der Waals surface area contributed by atoms with Crippen LogP contribution in [-0.2, 0) is 10.0 Å². The number of hydrogen-bond acceptors (Lipinski definition) is 5. The summed E-state index contributed by atoms with van der Waals surface area (Å²) in [6.07, 6.45) is 0.907. The number of nitrogens with zero attached hydrogens (tertiary/aromatic N) is 1. The first-order valence-electron chi connectivity index (χ1n) is 8.66. The number of para-hydroxylation sites is 2. The third-order valence-corrected chi connectivity index (χ3v) is 6.42. The monoisotopic (exact) mass is 410 g/mol. The summed E-state index contributed by atoms with van der Waals surface area (Å²) < 4.78 is 38.3. The van der Waals surface area contributed by atoms with Crippen LogP contribution in [-0.4, -0.2) is 42.3 Å². The van der Waals surface area contributed by atoms with Crippen molar-refractivity contribution in [1.82, 2.24) is 4.72 Å². The molecule has 0 radical (unpaired) electrons. The highest BCUT2D eigenvalue weighted by molar-refractivity contribution is 7.89. The molecule has 0 aliphatic carbocycles. The molecule has 0 aromatic heterocycles. The first kappa shape index (κ1) is 19.8. The minimum Gasteiger partial charge on any atom is -0.495 e. The van der Waals surface area contributed by atoms with Gasteiger partial charge in [-0.3, -0.25) is 0 Å². The Balaban J connectivity index is 1.63. The summed E-state index contributed by atoms with van der Waals surface area (Å²) in [4.78, 5) is 2.36. The second-order valence-corrected chi connectivity index (χ2v) is 8.59. The predicted molar refractivity (Wildman–Crippen MR) is 107 cm³/mol. The van der Waals surface area contributed by atoms with Gasteiger partial charge in [0, 0.05) is 19.6 Å². The molecule has 8 heteroatoms. The van der Waals surface area contributed by atoms with E-state index in [1.165, 1.54) is 19.2 Å². The zero-order chi connectivity index (χ0) is 19.4. The molecule has 1 fully saturated rings. The van der Waals surface area contributed by atoms with E-state index in [1.807, 2.05) is 24.3 Å². The smallest absolute Gasteiger partial charge is 0.240 e. The number of benzene rings is 2. The number of nitrogens with one attached hydrogen (secondary N) is 1. The van der Waals surface area contributed by atoms with Gasteiger partial charge in [0.15, 0.2) is 0 Å². The van der Waals surface area contributed by atoms with Gasteiger partial charge in [0.25, 0.3) is 0 Å². The molecule has 146 valence electrons. The fourth-order valence-electron chi connectivity index (χ4n) is 3.23. The highest BCUT2D eigenvalue weighted by atomic mass is 35.5. The molecular formula is C19H23ClN2O4S. The lowest BCUT2D eigenvalue weighted by Crippen LogP contribution is -2.31. The SMILES string of the molecule is COc1ccc(S(=O)(=O)NCC2CCN(c3ccccc3OC)C2)cc1Cl. The normalized spacial score (nSPS) is 17.1. The van der Waals surface area contributed by atoms with Gasteiger partial charge in [-0.2, -0.15) is 0 Å². The summed E-state index contributed by atoms with van der Waals surface area (Å²) in [6, 6.07) is 12.3. The van der Waals surface area contributed by atoms with Gasteiger partial charge in [-0.05, 0) is 42.7 Å². The number of rotatable bonds is 7. The Morgan fingerprint density at radius 3 is 2.59 bits per heavy atom. The lowest BCUT2D eigenvalue weighted by atomic mass is 10.1. The summed E-state index contributed by atoms with van der Waals surface area (Å²) in [5, 5.41) is 0.267. The largest absolute Gasteiger partial charge is 0.495 e. The van der Waals surface area contributed by atoms with E-state index in [4.69, 9.17) is 21.1 Å². The molecule has 0 amide bonds. The van der Waals surface area contributed by atoms with E-state index in [1.54, 1.807) is 13.2 Å². The summed E-state index contributed by atoms with van der Waals surface area (Å²) in [5.41, 5.74) is 1.03. The van der Waals surface area contributed by atoms with Crippen LogP contribution in [0.3, 0.4) is 0 Å². The van der Waals surface area contributed by atoms with Crippen LogP contribution in [0, 0.1) is 5.92 Å². The highest BCUT2D eigenvalue weighted by Gasteiger charge is 2.26. The van der Waals surface area contributed by atoms with Crippen molar-refractivity contribution in [2.45, 2.75) is 11.3 Å². The quantitative estimate of drug-likeness (QED) is 0.759. The molecule has 2 aromatic carbocycles. The van der Waals surface area contributed by atoms with Gasteiger partial charge in [0.05, 0.1) is 29.8 Å². The van der Waals surface area contributed by atoms with E-state index < -0.39 is 10.0 Å². The van der Waals surface area contributed by atoms with E-state index >= 15 is 0 Å². The van der Waals surface area contributed by atoms with Gasteiger partial charge in [0.1, 0.15) is 11.5 Å². The number of ether oxygens (including phenoxy) is 2.